The summed E-state index contributed by atoms with van der Waals surface area (Å²) in [6.07, 6.45) is 5.98. The Morgan fingerprint density at radius 2 is 1.94 bits per heavy atom. The smallest absolute Gasteiger partial charge is 0.326 e. The van der Waals surface area contributed by atoms with Crippen LogP contribution in [0.25, 0.3) is 0 Å². The van der Waals surface area contributed by atoms with E-state index >= 15 is 0 Å². The zero-order valence-electron chi connectivity index (χ0n) is 10.6. The van der Waals surface area contributed by atoms with Crippen molar-refractivity contribution in [3.8, 4) is 0 Å². The Morgan fingerprint density at radius 1 is 1.35 bits per heavy atom. The van der Waals surface area contributed by atoms with Gasteiger partial charge in [-0.2, -0.15) is 0 Å². The van der Waals surface area contributed by atoms with Crippen molar-refractivity contribution in [2.24, 2.45) is 0 Å². The third-order valence-corrected chi connectivity index (χ3v) is 3.45. The standard InChI is InChI=1S/C12H22N2O3/c1-3-10(11(15)16)13-12(17)14(2)9-7-5-4-6-8-9/h9-10H,3-8H2,1-2H3,(H,13,17)(H,15,16)/t10-/m0/s1. The summed E-state index contributed by atoms with van der Waals surface area (Å²) in [5.41, 5.74) is 0. The van der Waals surface area contributed by atoms with Crippen LogP contribution in [0, 0.1) is 0 Å². The third-order valence-electron chi connectivity index (χ3n) is 3.45. The van der Waals surface area contributed by atoms with E-state index in [4.69, 9.17) is 5.11 Å². The molecule has 1 atom stereocenters. The van der Waals surface area contributed by atoms with Crippen LogP contribution in [-0.4, -0.2) is 41.1 Å². The highest BCUT2D eigenvalue weighted by Gasteiger charge is 2.25. The van der Waals surface area contributed by atoms with Crippen LogP contribution < -0.4 is 5.32 Å². The molecule has 1 rings (SSSR count). The largest absolute Gasteiger partial charge is 0.480 e. The van der Waals surface area contributed by atoms with Crippen LogP contribution in [0.2, 0.25) is 0 Å². The molecule has 0 saturated heterocycles. The fourth-order valence-electron chi connectivity index (χ4n) is 2.22. The lowest BCUT2D eigenvalue weighted by Gasteiger charge is -2.32. The van der Waals surface area contributed by atoms with Gasteiger partial charge in [0.15, 0.2) is 0 Å². The van der Waals surface area contributed by atoms with E-state index < -0.39 is 12.0 Å². The summed E-state index contributed by atoms with van der Waals surface area (Å²) < 4.78 is 0. The first-order valence-corrected chi connectivity index (χ1v) is 6.32. The summed E-state index contributed by atoms with van der Waals surface area (Å²) in [5.74, 6) is -0.974. The van der Waals surface area contributed by atoms with Crippen molar-refractivity contribution >= 4 is 12.0 Å². The Morgan fingerprint density at radius 3 is 2.41 bits per heavy atom. The van der Waals surface area contributed by atoms with Crippen LogP contribution in [0.1, 0.15) is 45.4 Å². The molecule has 1 fully saturated rings. The molecule has 2 N–H and O–H groups in total. The van der Waals surface area contributed by atoms with E-state index in [1.165, 1.54) is 6.42 Å². The molecule has 1 saturated carbocycles. The highest BCUT2D eigenvalue weighted by Crippen LogP contribution is 2.21. The van der Waals surface area contributed by atoms with Crippen LogP contribution in [0.5, 0.6) is 0 Å². The van der Waals surface area contributed by atoms with Crippen LogP contribution in [0.15, 0.2) is 0 Å². The molecular weight excluding hydrogens is 220 g/mol. The molecule has 2 amide bonds. The van der Waals surface area contributed by atoms with Gasteiger partial charge in [-0.15, -0.1) is 0 Å². The van der Waals surface area contributed by atoms with Crippen molar-refractivity contribution in [3.63, 3.8) is 0 Å². The molecule has 0 heterocycles. The van der Waals surface area contributed by atoms with Crippen LogP contribution in [0.3, 0.4) is 0 Å². The average Bonchev–Trinajstić information content (AvgIpc) is 2.35. The molecule has 0 bridgehead atoms. The predicted molar refractivity (Wildman–Crippen MR) is 64.9 cm³/mol. The second-order valence-corrected chi connectivity index (χ2v) is 4.65. The number of carbonyl (C=O) groups excluding carboxylic acids is 1. The van der Waals surface area contributed by atoms with Crippen molar-refractivity contribution < 1.29 is 14.7 Å². The zero-order valence-corrected chi connectivity index (χ0v) is 10.6. The van der Waals surface area contributed by atoms with Crippen molar-refractivity contribution in [3.05, 3.63) is 0 Å². The van der Waals surface area contributed by atoms with Gasteiger partial charge in [0.1, 0.15) is 6.04 Å². The zero-order chi connectivity index (χ0) is 12.8. The Bertz CT molecular complexity index is 275. The normalized spacial score (nSPS) is 18.5. The molecule has 1 aliphatic rings. The molecule has 17 heavy (non-hydrogen) atoms. The topological polar surface area (TPSA) is 69.6 Å². The minimum atomic E-state index is -0.974. The third kappa shape index (κ3) is 3.91. The van der Waals surface area contributed by atoms with Gasteiger partial charge in [0.05, 0.1) is 0 Å². The Hall–Kier alpha value is -1.26. The maximum absolute atomic E-state index is 11.9. The van der Waals surface area contributed by atoms with Crippen molar-refractivity contribution in [2.75, 3.05) is 7.05 Å². The van der Waals surface area contributed by atoms with E-state index in [-0.39, 0.29) is 12.1 Å². The molecule has 1 aliphatic carbocycles. The number of carboxylic acids is 1. The van der Waals surface area contributed by atoms with E-state index in [9.17, 15) is 9.59 Å². The van der Waals surface area contributed by atoms with Gasteiger partial charge in [0.2, 0.25) is 0 Å². The fourth-order valence-corrected chi connectivity index (χ4v) is 2.22. The van der Waals surface area contributed by atoms with E-state index in [0.717, 1.165) is 25.7 Å². The maximum atomic E-state index is 11.9. The first kappa shape index (κ1) is 13.8. The fraction of sp³-hybridized carbons (Fsp3) is 0.833. The number of carbonyl (C=O) groups is 2. The predicted octanol–water partition coefficient (Wildman–Crippen LogP) is 1.82. The Balaban J connectivity index is 2.47. The summed E-state index contributed by atoms with van der Waals surface area (Å²) in [6, 6.07) is -0.797. The average molecular weight is 242 g/mol. The number of hydrogen-bond acceptors (Lipinski definition) is 2. The number of rotatable bonds is 4. The van der Waals surface area contributed by atoms with Gasteiger partial charge in [0, 0.05) is 13.1 Å². The van der Waals surface area contributed by atoms with Gasteiger partial charge in [0.25, 0.3) is 0 Å². The van der Waals surface area contributed by atoms with Crippen molar-refractivity contribution in [1.82, 2.24) is 10.2 Å². The van der Waals surface area contributed by atoms with E-state index in [0.29, 0.717) is 6.42 Å². The molecule has 0 aliphatic heterocycles. The Labute approximate surface area is 102 Å². The quantitative estimate of drug-likeness (QED) is 0.790. The van der Waals surface area contributed by atoms with Gasteiger partial charge in [-0.1, -0.05) is 26.2 Å². The molecule has 0 radical (unpaired) electrons. The van der Waals surface area contributed by atoms with Crippen LogP contribution >= 0.6 is 0 Å². The molecular formula is C12H22N2O3. The SMILES string of the molecule is CC[C@H](NC(=O)N(C)C1CCCCC1)C(=O)O. The summed E-state index contributed by atoms with van der Waals surface area (Å²) >= 11 is 0. The van der Waals surface area contributed by atoms with Crippen LogP contribution in [0.4, 0.5) is 4.79 Å². The minimum Gasteiger partial charge on any atom is -0.480 e. The number of aliphatic carboxylic acids is 1. The second kappa shape index (κ2) is 6.47. The summed E-state index contributed by atoms with van der Waals surface area (Å²) in [4.78, 5) is 24.4. The number of hydrogen-bond donors (Lipinski definition) is 2. The minimum absolute atomic E-state index is 0.259. The van der Waals surface area contributed by atoms with Gasteiger partial charge < -0.3 is 15.3 Å². The van der Waals surface area contributed by atoms with Gasteiger partial charge >= 0.3 is 12.0 Å². The summed E-state index contributed by atoms with van der Waals surface area (Å²) in [7, 11) is 1.75. The number of nitrogens with zero attached hydrogens (tertiary/aromatic N) is 1. The maximum Gasteiger partial charge on any atom is 0.326 e. The van der Waals surface area contributed by atoms with Crippen LogP contribution in [-0.2, 0) is 4.79 Å². The van der Waals surface area contributed by atoms with Gasteiger partial charge in [-0.05, 0) is 19.3 Å². The molecule has 5 heteroatoms. The highest BCUT2D eigenvalue weighted by atomic mass is 16.4. The molecule has 0 aromatic rings. The first-order valence-electron chi connectivity index (χ1n) is 6.32. The lowest BCUT2D eigenvalue weighted by atomic mass is 9.95. The van der Waals surface area contributed by atoms with Gasteiger partial charge in [-0.25, -0.2) is 9.59 Å². The number of urea groups is 1. The number of nitrogens with one attached hydrogen (secondary N) is 1. The van der Waals surface area contributed by atoms with Crippen molar-refractivity contribution in [2.45, 2.75) is 57.5 Å². The summed E-state index contributed by atoms with van der Waals surface area (Å²) in [6.45, 7) is 1.75. The molecule has 98 valence electrons. The number of carboxylic acid groups (broad SMARTS) is 1. The van der Waals surface area contributed by atoms with Gasteiger partial charge in [-0.3, -0.25) is 0 Å². The highest BCUT2D eigenvalue weighted by molar-refractivity contribution is 5.82. The molecule has 0 aromatic carbocycles. The van der Waals surface area contributed by atoms with E-state index in [1.807, 2.05) is 0 Å². The van der Waals surface area contributed by atoms with E-state index in [1.54, 1.807) is 18.9 Å². The lowest BCUT2D eigenvalue weighted by Crippen LogP contribution is -2.49. The van der Waals surface area contributed by atoms with E-state index in [2.05, 4.69) is 5.32 Å². The first-order chi connectivity index (χ1) is 8.06. The second-order valence-electron chi connectivity index (χ2n) is 4.65. The molecule has 0 spiro atoms. The number of amides is 2. The molecule has 5 nitrogen and oxygen atoms in total. The molecule has 0 aromatic heterocycles. The molecule has 0 unspecified atom stereocenters. The monoisotopic (exact) mass is 242 g/mol. The lowest BCUT2D eigenvalue weighted by molar-refractivity contribution is -0.139. The summed E-state index contributed by atoms with van der Waals surface area (Å²) in [5, 5.41) is 11.4. The Kier molecular flexibility index (Phi) is 5.25. The van der Waals surface area contributed by atoms with Crippen molar-refractivity contribution in [1.29, 1.82) is 0 Å².